The average molecular weight is 489 g/mol. The monoisotopic (exact) mass is 488 g/mol. The van der Waals surface area contributed by atoms with Crippen molar-refractivity contribution in [3.63, 3.8) is 0 Å². The highest BCUT2D eigenvalue weighted by molar-refractivity contribution is 8.00. The molecule has 0 atom stereocenters. The number of carbonyl (C=O) groups excluding carboxylic acids is 1. The summed E-state index contributed by atoms with van der Waals surface area (Å²) in [6.45, 7) is 3.92. The molecule has 0 saturated carbocycles. The molecule has 2 heterocycles. The standard InChI is InChI=1S/C23H23F3N6OS/c1-15-14-20(32-12-2-3-13-32)31-21(27-15)28-16-4-6-17(7-5-16)29-22(33)30-18-8-10-19(11-9-18)34-23(24,25)26/h4-11,14H,2-3,12-13H2,1H3,(H,27,28,31)(H2,29,30,33). The lowest BCUT2D eigenvalue weighted by Crippen LogP contribution is -2.20. The molecule has 2 amide bonds. The Morgan fingerprint density at radius 3 is 2.06 bits per heavy atom. The minimum Gasteiger partial charge on any atom is -0.356 e. The molecular formula is C23H23F3N6OS. The van der Waals surface area contributed by atoms with E-state index in [4.69, 9.17) is 0 Å². The minimum atomic E-state index is -4.35. The van der Waals surface area contributed by atoms with Crippen LogP contribution >= 0.6 is 11.8 Å². The maximum Gasteiger partial charge on any atom is 0.446 e. The summed E-state index contributed by atoms with van der Waals surface area (Å²) >= 11 is -0.205. The first-order chi connectivity index (χ1) is 16.2. The molecule has 3 N–H and O–H groups in total. The van der Waals surface area contributed by atoms with Crippen molar-refractivity contribution in [2.45, 2.75) is 30.2 Å². The Morgan fingerprint density at radius 1 is 0.912 bits per heavy atom. The summed E-state index contributed by atoms with van der Waals surface area (Å²) in [5, 5.41) is 8.47. The normalized spacial score (nSPS) is 13.6. The molecule has 4 rings (SSSR count). The van der Waals surface area contributed by atoms with E-state index >= 15 is 0 Å². The lowest BCUT2D eigenvalue weighted by molar-refractivity contribution is -0.0328. The summed E-state index contributed by atoms with van der Waals surface area (Å²) in [4.78, 5) is 23.6. The van der Waals surface area contributed by atoms with Crippen molar-refractivity contribution in [3.8, 4) is 0 Å². The number of carbonyl (C=O) groups is 1. The zero-order valence-corrected chi connectivity index (χ0v) is 19.1. The van der Waals surface area contributed by atoms with E-state index < -0.39 is 11.5 Å². The highest BCUT2D eigenvalue weighted by atomic mass is 32.2. The predicted molar refractivity (Wildman–Crippen MR) is 129 cm³/mol. The van der Waals surface area contributed by atoms with Gasteiger partial charge in [0.2, 0.25) is 5.95 Å². The molecular weight excluding hydrogens is 465 g/mol. The number of benzene rings is 2. The first-order valence-corrected chi connectivity index (χ1v) is 11.5. The second-order valence-electron chi connectivity index (χ2n) is 7.74. The lowest BCUT2D eigenvalue weighted by atomic mass is 10.3. The van der Waals surface area contributed by atoms with Crippen LogP contribution in [-0.2, 0) is 0 Å². The zero-order chi connectivity index (χ0) is 24.1. The van der Waals surface area contributed by atoms with Crippen molar-refractivity contribution < 1.29 is 18.0 Å². The van der Waals surface area contributed by atoms with Crippen molar-refractivity contribution in [2.24, 2.45) is 0 Å². The van der Waals surface area contributed by atoms with Gasteiger partial charge in [0.05, 0.1) is 0 Å². The fourth-order valence-corrected chi connectivity index (χ4v) is 4.05. The van der Waals surface area contributed by atoms with E-state index in [1.54, 1.807) is 24.3 Å². The van der Waals surface area contributed by atoms with Crippen LogP contribution in [0.4, 0.5) is 46.8 Å². The van der Waals surface area contributed by atoms with Crippen molar-refractivity contribution in [2.75, 3.05) is 33.9 Å². The number of hydrogen-bond acceptors (Lipinski definition) is 6. The molecule has 1 fully saturated rings. The van der Waals surface area contributed by atoms with E-state index in [0.29, 0.717) is 17.3 Å². The van der Waals surface area contributed by atoms with Crippen LogP contribution in [0.2, 0.25) is 0 Å². The van der Waals surface area contributed by atoms with Gasteiger partial charge in [0, 0.05) is 46.8 Å². The summed E-state index contributed by atoms with van der Waals surface area (Å²) in [5.74, 6) is 1.42. The SMILES string of the molecule is Cc1cc(N2CCCC2)nc(Nc2ccc(NC(=O)Nc3ccc(SC(F)(F)F)cc3)cc2)n1. The lowest BCUT2D eigenvalue weighted by Gasteiger charge is -2.17. The molecule has 178 valence electrons. The van der Waals surface area contributed by atoms with Gasteiger partial charge in [0.25, 0.3) is 0 Å². The van der Waals surface area contributed by atoms with Gasteiger partial charge in [0.15, 0.2) is 0 Å². The number of rotatable bonds is 6. The fraction of sp³-hybridized carbons (Fsp3) is 0.261. The van der Waals surface area contributed by atoms with Gasteiger partial charge in [-0.05, 0) is 80.1 Å². The first kappa shape index (κ1) is 23.7. The number of amides is 2. The Morgan fingerprint density at radius 2 is 1.47 bits per heavy atom. The van der Waals surface area contributed by atoms with Crippen molar-refractivity contribution in [3.05, 3.63) is 60.3 Å². The van der Waals surface area contributed by atoms with Gasteiger partial charge in [-0.15, -0.1) is 0 Å². The highest BCUT2D eigenvalue weighted by Gasteiger charge is 2.29. The van der Waals surface area contributed by atoms with E-state index in [0.717, 1.165) is 43.1 Å². The molecule has 1 aromatic heterocycles. The average Bonchev–Trinajstić information content (AvgIpc) is 3.30. The van der Waals surface area contributed by atoms with Crippen molar-refractivity contribution in [1.29, 1.82) is 0 Å². The van der Waals surface area contributed by atoms with Crippen molar-refractivity contribution >= 4 is 46.6 Å². The number of aromatic nitrogens is 2. The molecule has 1 saturated heterocycles. The van der Waals surface area contributed by atoms with Gasteiger partial charge >= 0.3 is 11.5 Å². The topological polar surface area (TPSA) is 82.2 Å². The number of hydrogen-bond donors (Lipinski definition) is 3. The van der Waals surface area contributed by atoms with Gasteiger partial charge in [-0.2, -0.15) is 18.2 Å². The smallest absolute Gasteiger partial charge is 0.356 e. The largest absolute Gasteiger partial charge is 0.446 e. The molecule has 0 bridgehead atoms. The van der Waals surface area contributed by atoms with E-state index in [2.05, 4.69) is 30.8 Å². The molecule has 11 heteroatoms. The number of nitrogens with zero attached hydrogens (tertiary/aromatic N) is 3. The van der Waals surface area contributed by atoms with Crippen LogP contribution < -0.4 is 20.9 Å². The molecule has 2 aromatic carbocycles. The van der Waals surface area contributed by atoms with Gasteiger partial charge in [-0.3, -0.25) is 0 Å². The third kappa shape index (κ3) is 6.77. The highest BCUT2D eigenvalue weighted by Crippen LogP contribution is 2.37. The Hall–Kier alpha value is -3.47. The number of alkyl halides is 3. The van der Waals surface area contributed by atoms with E-state index in [-0.39, 0.29) is 16.7 Å². The zero-order valence-electron chi connectivity index (χ0n) is 18.3. The summed E-state index contributed by atoms with van der Waals surface area (Å²) in [5.41, 5.74) is -1.78. The van der Waals surface area contributed by atoms with Crippen LogP contribution in [0.5, 0.6) is 0 Å². The summed E-state index contributed by atoms with van der Waals surface area (Å²) in [6.07, 6.45) is 2.33. The summed E-state index contributed by atoms with van der Waals surface area (Å²) < 4.78 is 37.2. The van der Waals surface area contributed by atoms with Crippen LogP contribution in [0.1, 0.15) is 18.5 Å². The van der Waals surface area contributed by atoms with Crippen LogP contribution in [0.3, 0.4) is 0 Å². The number of anilines is 5. The first-order valence-electron chi connectivity index (χ1n) is 10.6. The number of aryl methyl sites for hydroxylation is 1. The van der Waals surface area contributed by atoms with E-state index in [1.165, 1.54) is 24.3 Å². The number of urea groups is 1. The Labute approximate surface area is 199 Å². The molecule has 1 aliphatic rings. The number of halogens is 3. The van der Waals surface area contributed by atoms with Gasteiger partial charge in [0.1, 0.15) is 5.82 Å². The molecule has 0 unspecified atom stereocenters. The third-order valence-electron chi connectivity index (χ3n) is 5.02. The maximum absolute atomic E-state index is 12.4. The Bertz CT molecular complexity index is 1130. The summed E-state index contributed by atoms with van der Waals surface area (Å²) in [6, 6.07) is 13.9. The fourth-order valence-electron chi connectivity index (χ4n) is 3.52. The minimum absolute atomic E-state index is 0.0479. The Kier molecular flexibility index (Phi) is 7.11. The molecule has 3 aromatic rings. The number of nitrogens with one attached hydrogen (secondary N) is 3. The van der Waals surface area contributed by atoms with E-state index in [9.17, 15) is 18.0 Å². The second kappa shape index (κ2) is 10.2. The molecule has 0 spiro atoms. The molecule has 34 heavy (non-hydrogen) atoms. The van der Waals surface area contributed by atoms with Crippen LogP contribution in [0, 0.1) is 6.92 Å². The van der Waals surface area contributed by atoms with Gasteiger partial charge < -0.3 is 20.9 Å². The maximum atomic E-state index is 12.4. The Balaban J connectivity index is 1.33. The van der Waals surface area contributed by atoms with Crippen LogP contribution in [0.25, 0.3) is 0 Å². The van der Waals surface area contributed by atoms with Gasteiger partial charge in [-0.1, -0.05) is 0 Å². The molecule has 0 radical (unpaired) electrons. The summed E-state index contributed by atoms with van der Waals surface area (Å²) in [7, 11) is 0. The molecule has 0 aliphatic carbocycles. The predicted octanol–water partition coefficient (Wildman–Crippen LogP) is 6.38. The van der Waals surface area contributed by atoms with Crippen LogP contribution in [0.15, 0.2) is 59.5 Å². The van der Waals surface area contributed by atoms with Gasteiger partial charge in [-0.25, -0.2) is 9.78 Å². The molecule has 7 nitrogen and oxygen atoms in total. The third-order valence-corrected chi connectivity index (χ3v) is 5.75. The molecule has 1 aliphatic heterocycles. The quantitative estimate of drug-likeness (QED) is 0.349. The van der Waals surface area contributed by atoms with Crippen molar-refractivity contribution in [1.82, 2.24) is 9.97 Å². The number of thioether (sulfide) groups is 1. The second-order valence-corrected chi connectivity index (χ2v) is 8.88. The van der Waals surface area contributed by atoms with Crippen LogP contribution in [-0.4, -0.2) is 34.6 Å². The van der Waals surface area contributed by atoms with E-state index in [1.807, 2.05) is 13.0 Å².